The van der Waals surface area contributed by atoms with Crippen molar-refractivity contribution in [3.8, 4) is 0 Å². The molecule has 5 nitrogen and oxygen atoms in total. The summed E-state index contributed by atoms with van der Waals surface area (Å²) in [6, 6.07) is 0. The molecule has 1 rings (SSSR count). The molecule has 0 fully saturated rings. The van der Waals surface area contributed by atoms with Crippen LogP contribution < -0.4 is 5.32 Å². The maximum absolute atomic E-state index is 11.4. The minimum atomic E-state index is -1.27. The first-order valence-corrected chi connectivity index (χ1v) is 5.47. The van der Waals surface area contributed by atoms with Crippen molar-refractivity contribution < 1.29 is 19.4 Å². The monoisotopic (exact) mass is 227 g/mol. The van der Waals surface area contributed by atoms with Crippen LogP contribution in [0.5, 0.6) is 0 Å². The van der Waals surface area contributed by atoms with Gasteiger partial charge in [0.2, 0.25) is 0 Å². The van der Waals surface area contributed by atoms with Crippen LogP contribution in [0.4, 0.5) is 4.79 Å². The largest absolute Gasteiger partial charge is 0.479 e. The van der Waals surface area contributed by atoms with Crippen molar-refractivity contribution in [3.63, 3.8) is 0 Å². The smallest absolute Gasteiger partial charge is 0.408 e. The Morgan fingerprint density at radius 2 is 2.31 bits per heavy atom. The minimum Gasteiger partial charge on any atom is -0.479 e. The van der Waals surface area contributed by atoms with Crippen LogP contribution in [0.15, 0.2) is 12.2 Å². The lowest BCUT2D eigenvalue weighted by Gasteiger charge is -2.23. The number of carboxylic acids is 1. The Hall–Kier alpha value is -1.52. The molecule has 90 valence electrons. The lowest BCUT2D eigenvalue weighted by atomic mass is 10.00. The Labute approximate surface area is 94.5 Å². The van der Waals surface area contributed by atoms with E-state index in [4.69, 9.17) is 9.84 Å². The number of hydrogen-bond donors (Lipinski definition) is 2. The van der Waals surface area contributed by atoms with Crippen LogP contribution >= 0.6 is 0 Å². The Kier molecular flexibility index (Phi) is 4.34. The number of carbonyl (C=O) groups is 2. The maximum Gasteiger partial charge on any atom is 0.408 e. The van der Waals surface area contributed by atoms with E-state index in [1.54, 1.807) is 6.08 Å². The predicted octanol–water partition coefficient (Wildman–Crippen LogP) is 1.69. The van der Waals surface area contributed by atoms with Gasteiger partial charge in [0, 0.05) is 0 Å². The highest BCUT2D eigenvalue weighted by atomic mass is 16.5. The summed E-state index contributed by atoms with van der Waals surface area (Å²) in [4.78, 5) is 22.4. The molecule has 1 atom stereocenters. The molecule has 0 spiro atoms. The zero-order chi connectivity index (χ0) is 12.0. The van der Waals surface area contributed by atoms with Gasteiger partial charge in [0.15, 0.2) is 5.54 Å². The van der Waals surface area contributed by atoms with Crippen LogP contribution in [0.2, 0.25) is 0 Å². The number of nitrogens with one attached hydrogen (secondary N) is 1. The summed E-state index contributed by atoms with van der Waals surface area (Å²) in [7, 11) is 0. The van der Waals surface area contributed by atoms with Crippen LogP contribution in [0.25, 0.3) is 0 Å². The fourth-order valence-electron chi connectivity index (χ4n) is 1.54. The third kappa shape index (κ3) is 2.98. The fourth-order valence-corrected chi connectivity index (χ4v) is 1.54. The molecule has 0 heterocycles. The van der Waals surface area contributed by atoms with Crippen molar-refractivity contribution in [2.45, 2.75) is 38.1 Å². The molecule has 1 unspecified atom stereocenters. The Bertz CT molecular complexity index is 300. The SMILES string of the molecule is CCCCOC(=O)NC1(C(=O)O)C=CCC1. The van der Waals surface area contributed by atoms with Gasteiger partial charge in [-0.3, -0.25) is 0 Å². The molecule has 0 bridgehead atoms. The van der Waals surface area contributed by atoms with E-state index >= 15 is 0 Å². The van der Waals surface area contributed by atoms with E-state index < -0.39 is 17.6 Å². The number of allylic oxidation sites excluding steroid dienone is 1. The molecule has 1 aliphatic carbocycles. The summed E-state index contributed by atoms with van der Waals surface area (Å²) >= 11 is 0. The van der Waals surface area contributed by atoms with E-state index in [2.05, 4.69) is 5.32 Å². The molecule has 0 saturated heterocycles. The molecule has 0 saturated carbocycles. The first-order chi connectivity index (χ1) is 7.60. The van der Waals surface area contributed by atoms with Gasteiger partial charge in [-0.2, -0.15) is 0 Å². The van der Waals surface area contributed by atoms with Crippen molar-refractivity contribution in [2.75, 3.05) is 6.61 Å². The van der Waals surface area contributed by atoms with E-state index in [9.17, 15) is 9.59 Å². The lowest BCUT2D eigenvalue weighted by Crippen LogP contribution is -2.52. The number of unbranched alkanes of at least 4 members (excludes halogenated alkanes) is 1. The predicted molar refractivity (Wildman–Crippen MR) is 58.1 cm³/mol. The maximum atomic E-state index is 11.4. The third-order valence-corrected chi connectivity index (χ3v) is 2.55. The lowest BCUT2D eigenvalue weighted by molar-refractivity contribution is -0.142. The van der Waals surface area contributed by atoms with E-state index in [-0.39, 0.29) is 0 Å². The minimum absolute atomic E-state index is 0.321. The van der Waals surface area contributed by atoms with Gasteiger partial charge in [-0.15, -0.1) is 0 Å². The zero-order valence-electron chi connectivity index (χ0n) is 9.36. The quantitative estimate of drug-likeness (QED) is 0.553. The second-order valence-corrected chi connectivity index (χ2v) is 3.83. The Balaban J connectivity index is 2.47. The summed E-state index contributed by atoms with van der Waals surface area (Å²) in [5.74, 6) is -1.05. The molecule has 0 aromatic carbocycles. The molecule has 0 aliphatic heterocycles. The number of aliphatic carboxylic acids is 1. The van der Waals surface area contributed by atoms with Gasteiger partial charge in [-0.1, -0.05) is 25.5 Å². The number of alkyl carbamates (subject to hydrolysis) is 1. The second kappa shape index (κ2) is 5.53. The van der Waals surface area contributed by atoms with Crippen LogP contribution in [0.3, 0.4) is 0 Å². The molecule has 0 radical (unpaired) electrons. The zero-order valence-corrected chi connectivity index (χ0v) is 9.36. The molecule has 2 N–H and O–H groups in total. The fraction of sp³-hybridized carbons (Fsp3) is 0.636. The number of carboxylic acid groups (broad SMARTS) is 1. The molecular weight excluding hydrogens is 210 g/mol. The third-order valence-electron chi connectivity index (χ3n) is 2.55. The summed E-state index contributed by atoms with van der Waals surface area (Å²) < 4.78 is 4.87. The van der Waals surface area contributed by atoms with Crippen molar-refractivity contribution in [2.24, 2.45) is 0 Å². The molecule has 1 amide bonds. The summed E-state index contributed by atoms with van der Waals surface area (Å²) in [5, 5.41) is 11.5. The molecule has 0 aromatic heterocycles. The van der Waals surface area contributed by atoms with Crippen molar-refractivity contribution in [1.29, 1.82) is 0 Å². The van der Waals surface area contributed by atoms with E-state index in [1.807, 2.05) is 6.92 Å². The van der Waals surface area contributed by atoms with E-state index in [1.165, 1.54) is 6.08 Å². The van der Waals surface area contributed by atoms with Crippen molar-refractivity contribution in [3.05, 3.63) is 12.2 Å². The van der Waals surface area contributed by atoms with Crippen LogP contribution in [-0.2, 0) is 9.53 Å². The molecule has 1 aliphatic rings. The van der Waals surface area contributed by atoms with Gasteiger partial charge in [0.25, 0.3) is 0 Å². The van der Waals surface area contributed by atoms with Gasteiger partial charge >= 0.3 is 12.1 Å². The highest BCUT2D eigenvalue weighted by Gasteiger charge is 2.39. The highest BCUT2D eigenvalue weighted by Crippen LogP contribution is 2.22. The average molecular weight is 227 g/mol. The van der Waals surface area contributed by atoms with Gasteiger partial charge in [-0.05, 0) is 19.3 Å². The molecule has 5 heteroatoms. The standard InChI is InChI=1S/C11H17NO4/c1-2-3-8-16-10(15)12-11(9(13)14)6-4-5-7-11/h4,6H,2-3,5,7-8H2,1H3,(H,12,15)(H,13,14). The van der Waals surface area contributed by atoms with Crippen molar-refractivity contribution in [1.82, 2.24) is 5.32 Å². The first kappa shape index (κ1) is 12.5. The highest BCUT2D eigenvalue weighted by molar-refractivity contribution is 5.87. The topological polar surface area (TPSA) is 75.6 Å². The van der Waals surface area contributed by atoms with E-state index in [0.29, 0.717) is 19.4 Å². The van der Waals surface area contributed by atoms with Crippen LogP contribution in [0.1, 0.15) is 32.6 Å². The van der Waals surface area contributed by atoms with Gasteiger partial charge in [0.05, 0.1) is 6.61 Å². The Morgan fingerprint density at radius 1 is 1.56 bits per heavy atom. The summed E-state index contributed by atoms with van der Waals surface area (Å²) in [5.41, 5.74) is -1.27. The number of rotatable bonds is 5. The first-order valence-electron chi connectivity index (χ1n) is 5.47. The number of ether oxygens (including phenoxy) is 1. The molecule has 0 aromatic rings. The van der Waals surface area contributed by atoms with Crippen LogP contribution in [-0.4, -0.2) is 29.3 Å². The van der Waals surface area contributed by atoms with Crippen LogP contribution in [0, 0.1) is 0 Å². The summed E-state index contributed by atoms with van der Waals surface area (Å²) in [6.45, 7) is 2.31. The average Bonchev–Trinajstić information content (AvgIpc) is 2.68. The normalized spacial score (nSPS) is 23.1. The second-order valence-electron chi connectivity index (χ2n) is 3.83. The Morgan fingerprint density at radius 3 is 2.81 bits per heavy atom. The number of amides is 1. The van der Waals surface area contributed by atoms with Gasteiger partial charge < -0.3 is 15.2 Å². The van der Waals surface area contributed by atoms with E-state index in [0.717, 1.165) is 12.8 Å². The number of carbonyl (C=O) groups excluding carboxylic acids is 1. The molecular formula is C11H17NO4. The van der Waals surface area contributed by atoms with Crippen molar-refractivity contribution >= 4 is 12.1 Å². The molecule has 16 heavy (non-hydrogen) atoms. The summed E-state index contributed by atoms with van der Waals surface area (Å²) in [6.07, 6.45) is 5.34. The van der Waals surface area contributed by atoms with Gasteiger partial charge in [0.1, 0.15) is 0 Å². The number of hydrogen-bond acceptors (Lipinski definition) is 3. The van der Waals surface area contributed by atoms with Gasteiger partial charge in [-0.25, -0.2) is 9.59 Å².